The van der Waals surface area contributed by atoms with Crippen LogP contribution in [0.5, 0.6) is 0 Å². The zero-order valence-electron chi connectivity index (χ0n) is 7.83. The van der Waals surface area contributed by atoms with E-state index in [4.69, 9.17) is 11.1 Å². The number of nitrogens with two attached hydrogens (primary N) is 1. The molecule has 0 saturated heterocycles. The van der Waals surface area contributed by atoms with Gasteiger partial charge in [0.1, 0.15) is 5.60 Å². The van der Waals surface area contributed by atoms with Gasteiger partial charge in [-0.2, -0.15) is 0 Å². The predicted octanol–water partition coefficient (Wildman–Crippen LogP) is 1.41. The molecule has 1 aromatic carbocycles. The van der Waals surface area contributed by atoms with Gasteiger partial charge < -0.3 is 16.2 Å². The Morgan fingerprint density at radius 2 is 1.92 bits per heavy atom. The fourth-order valence-electron chi connectivity index (χ4n) is 1.05. The van der Waals surface area contributed by atoms with Crippen LogP contribution in [0.15, 0.2) is 24.3 Å². The highest BCUT2D eigenvalue weighted by atomic mass is 16.3. The number of aliphatic hydroxyl groups is 1. The Labute approximate surface area is 77.7 Å². The summed E-state index contributed by atoms with van der Waals surface area (Å²) < 4.78 is 0. The van der Waals surface area contributed by atoms with Crippen LogP contribution in [-0.2, 0) is 0 Å². The summed E-state index contributed by atoms with van der Waals surface area (Å²) in [7, 11) is 0. The first-order chi connectivity index (χ1) is 5.93. The molecule has 3 heteroatoms. The molecule has 0 aliphatic heterocycles. The molecule has 0 aliphatic rings. The molecule has 0 aliphatic carbocycles. The molecule has 0 aromatic heterocycles. The third-order valence-corrected chi connectivity index (χ3v) is 1.84. The summed E-state index contributed by atoms with van der Waals surface area (Å²) in [5.74, 6) is 0. The predicted molar refractivity (Wildman–Crippen MR) is 54.0 cm³/mol. The minimum Gasteiger partial charge on any atom is -0.398 e. The second kappa shape index (κ2) is 3.18. The SMILES string of the molecule is CC(C)(O)C(=N)c1ccccc1N. The molecule has 0 spiro atoms. The molecule has 0 atom stereocenters. The molecule has 0 saturated carbocycles. The van der Waals surface area contributed by atoms with Crippen LogP contribution in [0.4, 0.5) is 5.69 Å². The van der Waals surface area contributed by atoms with E-state index in [1.54, 1.807) is 38.1 Å². The van der Waals surface area contributed by atoms with Gasteiger partial charge in [0, 0.05) is 11.3 Å². The van der Waals surface area contributed by atoms with Gasteiger partial charge in [0.25, 0.3) is 0 Å². The number of rotatable bonds is 2. The molecule has 0 heterocycles. The van der Waals surface area contributed by atoms with E-state index in [1.165, 1.54) is 0 Å². The molecule has 0 fully saturated rings. The van der Waals surface area contributed by atoms with Crippen LogP contribution < -0.4 is 5.73 Å². The van der Waals surface area contributed by atoms with E-state index in [2.05, 4.69) is 0 Å². The average molecular weight is 178 g/mol. The molecular formula is C10H14N2O. The van der Waals surface area contributed by atoms with Crippen molar-refractivity contribution in [3.05, 3.63) is 29.8 Å². The van der Waals surface area contributed by atoms with E-state index in [0.717, 1.165) is 0 Å². The summed E-state index contributed by atoms with van der Waals surface area (Å²) in [6.07, 6.45) is 0. The van der Waals surface area contributed by atoms with Crippen molar-refractivity contribution in [2.24, 2.45) is 0 Å². The van der Waals surface area contributed by atoms with Gasteiger partial charge in [-0.1, -0.05) is 18.2 Å². The molecular weight excluding hydrogens is 164 g/mol. The van der Waals surface area contributed by atoms with Crippen molar-refractivity contribution in [2.45, 2.75) is 19.4 Å². The van der Waals surface area contributed by atoms with E-state index >= 15 is 0 Å². The summed E-state index contributed by atoms with van der Waals surface area (Å²) in [5, 5.41) is 17.3. The van der Waals surface area contributed by atoms with E-state index in [-0.39, 0.29) is 5.71 Å². The molecule has 4 N–H and O–H groups in total. The Hall–Kier alpha value is -1.35. The summed E-state index contributed by atoms with van der Waals surface area (Å²) in [6.45, 7) is 3.14. The minimum atomic E-state index is -1.14. The monoisotopic (exact) mass is 178 g/mol. The fraction of sp³-hybridized carbons (Fsp3) is 0.300. The van der Waals surface area contributed by atoms with Crippen LogP contribution in [0.3, 0.4) is 0 Å². The number of anilines is 1. The Balaban J connectivity index is 3.10. The highest BCUT2D eigenvalue weighted by molar-refractivity contribution is 6.07. The lowest BCUT2D eigenvalue weighted by atomic mass is 9.95. The van der Waals surface area contributed by atoms with Gasteiger partial charge in [0.2, 0.25) is 0 Å². The molecule has 0 bridgehead atoms. The van der Waals surface area contributed by atoms with Gasteiger partial charge in [0.15, 0.2) is 0 Å². The summed E-state index contributed by atoms with van der Waals surface area (Å²) in [4.78, 5) is 0. The first kappa shape index (κ1) is 9.74. The molecule has 0 radical (unpaired) electrons. The molecule has 1 rings (SSSR count). The zero-order valence-corrected chi connectivity index (χ0v) is 7.83. The van der Waals surface area contributed by atoms with E-state index < -0.39 is 5.60 Å². The molecule has 13 heavy (non-hydrogen) atoms. The third-order valence-electron chi connectivity index (χ3n) is 1.84. The second-order valence-corrected chi connectivity index (χ2v) is 3.52. The smallest absolute Gasteiger partial charge is 0.101 e. The van der Waals surface area contributed by atoms with Crippen molar-refractivity contribution in [1.29, 1.82) is 5.41 Å². The largest absolute Gasteiger partial charge is 0.398 e. The zero-order chi connectivity index (χ0) is 10.1. The molecule has 0 unspecified atom stereocenters. The lowest BCUT2D eigenvalue weighted by molar-refractivity contribution is 0.153. The average Bonchev–Trinajstić information content (AvgIpc) is 2.02. The highest BCUT2D eigenvalue weighted by Gasteiger charge is 2.22. The maximum atomic E-state index is 9.58. The minimum absolute atomic E-state index is 0.144. The second-order valence-electron chi connectivity index (χ2n) is 3.52. The van der Waals surface area contributed by atoms with E-state index in [0.29, 0.717) is 11.3 Å². The van der Waals surface area contributed by atoms with E-state index in [9.17, 15) is 5.11 Å². The van der Waals surface area contributed by atoms with Gasteiger partial charge in [0.05, 0.1) is 5.71 Å². The van der Waals surface area contributed by atoms with Crippen LogP contribution in [0.1, 0.15) is 19.4 Å². The van der Waals surface area contributed by atoms with Crippen molar-refractivity contribution in [3.8, 4) is 0 Å². The van der Waals surface area contributed by atoms with Crippen molar-refractivity contribution in [1.82, 2.24) is 0 Å². The maximum absolute atomic E-state index is 9.58. The number of nitrogens with one attached hydrogen (secondary N) is 1. The van der Waals surface area contributed by atoms with Crippen LogP contribution in [0.25, 0.3) is 0 Å². The van der Waals surface area contributed by atoms with Gasteiger partial charge in [-0.15, -0.1) is 0 Å². The lowest BCUT2D eigenvalue weighted by Gasteiger charge is -2.19. The maximum Gasteiger partial charge on any atom is 0.101 e. The van der Waals surface area contributed by atoms with Crippen molar-refractivity contribution in [2.75, 3.05) is 5.73 Å². The Morgan fingerprint density at radius 3 is 2.38 bits per heavy atom. The first-order valence-electron chi connectivity index (χ1n) is 4.09. The van der Waals surface area contributed by atoms with Crippen LogP contribution in [-0.4, -0.2) is 16.4 Å². The third kappa shape index (κ3) is 2.06. The molecule has 1 aromatic rings. The summed E-state index contributed by atoms with van der Waals surface area (Å²) in [6, 6.07) is 7.05. The first-order valence-corrected chi connectivity index (χ1v) is 4.09. The molecule has 0 amide bonds. The van der Waals surface area contributed by atoms with Crippen LogP contribution in [0.2, 0.25) is 0 Å². The normalized spacial score (nSPS) is 11.3. The number of hydrogen-bond donors (Lipinski definition) is 3. The van der Waals surface area contributed by atoms with E-state index in [1.807, 2.05) is 0 Å². The van der Waals surface area contributed by atoms with Crippen molar-refractivity contribution >= 4 is 11.4 Å². The van der Waals surface area contributed by atoms with Crippen LogP contribution in [0, 0.1) is 5.41 Å². The number of para-hydroxylation sites is 1. The standard InChI is InChI=1S/C10H14N2O/c1-10(2,13)9(12)7-5-3-4-6-8(7)11/h3-6,12-13H,11H2,1-2H3. The molecule has 3 nitrogen and oxygen atoms in total. The fourth-order valence-corrected chi connectivity index (χ4v) is 1.05. The van der Waals surface area contributed by atoms with Gasteiger partial charge in [-0.25, -0.2) is 0 Å². The van der Waals surface area contributed by atoms with Gasteiger partial charge >= 0.3 is 0 Å². The molecule has 70 valence electrons. The number of benzene rings is 1. The highest BCUT2D eigenvalue weighted by Crippen LogP contribution is 2.17. The Kier molecular flexibility index (Phi) is 2.38. The van der Waals surface area contributed by atoms with Gasteiger partial charge in [-0.3, -0.25) is 0 Å². The Bertz CT molecular complexity index is 326. The summed E-state index contributed by atoms with van der Waals surface area (Å²) in [5.41, 5.74) is 5.78. The van der Waals surface area contributed by atoms with Crippen molar-refractivity contribution in [3.63, 3.8) is 0 Å². The van der Waals surface area contributed by atoms with Crippen molar-refractivity contribution < 1.29 is 5.11 Å². The van der Waals surface area contributed by atoms with Crippen LogP contribution >= 0.6 is 0 Å². The van der Waals surface area contributed by atoms with Gasteiger partial charge in [-0.05, 0) is 19.9 Å². The topological polar surface area (TPSA) is 70.1 Å². The Morgan fingerprint density at radius 1 is 1.38 bits per heavy atom. The number of hydrogen-bond acceptors (Lipinski definition) is 3. The lowest BCUT2D eigenvalue weighted by Crippen LogP contribution is -2.31. The summed E-state index contributed by atoms with van der Waals surface area (Å²) >= 11 is 0. The number of nitrogen functional groups attached to an aromatic ring is 1. The quantitative estimate of drug-likeness (QED) is 0.473.